The number of piperazine rings is 1. The third-order valence-electron chi connectivity index (χ3n) is 13.9. The van der Waals surface area contributed by atoms with Crippen LogP contribution in [0.5, 0.6) is 0 Å². The molecule has 66 heavy (non-hydrogen) atoms. The molecule has 4 saturated heterocycles. The summed E-state index contributed by atoms with van der Waals surface area (Å²) in [7, 11) is 0. The smallest absolute Gasteiger partial charge is 0.255 e. The number of aromatic nitrogens is 3. The second-order valence-corrected chi connectivity index (χ2v) is 19.1. The van der Waals surface area contributed by atoms with Crippen LogP contribution in [0.15, 0.2) is 72.5 Å². The van der Waals surface area contributed by atoms with Crippen LogP contribution in [0.3, 0.4) is 0 Å². The van der Waals surface area contributed by atoms with Gasteiger partial charge in [-0.2, -0.15) is 0 Å². The average Bonchev–Trinajstić information content (AvgIpc) is 4.11. The lowest BCUT2D eigenvalue weighted by Gasteiger charge is -2.61. The van der Waals surface area contributed by atoms with E-state index in [0.717, 1.165) is 49.4 Å². The Hall–Kier alpha value is -6.73. The highest BCUT2D eigenvalue weighted by molar-refractivity contribution is 7.13. The molecule has 0 saturated carbocycles. The highest BCUT2D eigenvalue weighted by Gasteiger charge is 2.52. The first-order valence-corrected chi connectivity index (χ1v) is 23.2. The molecule has 5 amide bonds. The molecule has 340 valence electrons. The molecule has 11 rings (SSSR count). The molecule has 6 aliphatic heterocycles. The Balaban J connectivity index is 0.668. The van der Waals surface area contributed by atoms with Crippen LogP contribution in [-0.2, 0) is 38.7 Å². The predicted octanol–water partition coefficient (Wildman–Crippen LogP) is 4.25. The van der Waals surface area contributed by atoms with E-state index in [4.69, 9.17) is 0 Å². The summed E-state index contributed by atoms with van der Waals surface area (Å²) in [6.45, 7) is 6.50. The van der Waals surface area contributed by atoms with Gasteiger partial charge in [0, 0.05) is 111 Å². The Morgan fingerprint density at radius 2 is 1.68 bits per heavy atom. The largest absolute Gasteiger partial charge is 0.374 e. The molecule has 0 bridgehead atoms. The summed E-state index contributed by atoms with van der Waals surface area (Å²) in [5.74, 6) is -2.38. The number of halogens is 2. The topological polar surface area (TPSA) is 168 Å². The summed E-state index contributed by atoms with van der Waals surface area (Å²) < 4.78 is 33.1. The Morgan fingerprint density at radius 1 is 0.879 bits per heavy atom. The molecule has 4 fully saturated rings. The number of carbonyl (C=O) groups excluding carboxylic acids is 5. The lowest BCUT2D eigenvalue weighted by molar-refractivity contribution is -0.137. The zero-order valence-corrected chi connectivity index (χ0v) is 36.8. The van der Waals surface area contributed by atoms with Gasteiger partial charge in [-0.3, -0.25) is 39.5 Å². The molecule has 3 aromatic carbocycles. The van der Waals surface area contributed by atoms with Gasteiger partial charge in [0.15, 0.2) is 11.2 Å². The first-order chi connectivity index (χ1) is 32.0. The van der Waals surface area contributed by atoms with Crippen LogP contribution < -0.4 is 25.8 Å². The van der Waals surface area contributed by atoms with Gasteiger partial charge in [0.2, 0.25) is 17.7 Å². The minimum absolute atomic E-state index is 0.0347. The van der Waals surface area contributed by atoms with Crippen LogP contribution in [0, 0.1) is 17.0 Å². The fraction of sp³-hybridized carbons (Fsp3) is 0.383. The average molecular weight is 916 g/mol. The van der Waals surface area contributed by atoms with E-state index in [9.17, 15) is 24.0 Å². The standard InChI is InChI=1S/C47H47F2N11O5S/c48-34-19-29(18-32-33(34)21-60(45(32)65)42(44(64)54-46-50-11-17-66-46)41-38-2-1-12-58(38)27-51-41)28-3-6-31(7-4-28)56-13-15-57(16-14-56)40(62)22-55-23-47(24-55)25-59(26-47)37-9-5-30(20-35(37)49)52-36-8-10-39(61)53-43(36)63/h3-7,9,11,17-20,27,36,42,52H,1-2,8,10,12-16,21-26H2,(H,50,54,64)(H,53,61,63). The lowest BCUT2D eigenvalue weighted by Crippen LogP contribution is -2.73. The molecule has 6 aliphatic rings. The maximum Gasteiger partial charge on any atom is 0.255 e. The van der Waals surface area contributed by atoms with Crippen molar-refractivity contribution in [3.63, 3.8) is 0 Å². The first-order valence-electron chi connectivity index (χ1n) is 22.4. The second-order valence-electron chi connectivity index (χ2n) is 18.2. The van der Waals surface area contributed by atoms with E-state index in [2.05, 4.69) is 35.7 Å². The zero-order valence-electron chi connectivity index (χ0n) is 36.0. The third-order valence-corrected chi connectivity index (χ3v) is 14.6. The summed E-state index contributed by atoms with van der Waals surface area (Å²) in [5.41, 5.74) is 5.18. The second kappa shape index (κ2) is 16.6. The molecular weight excluding hydrogens is 869 g/mol. The molecule has 5 aromatic rings. The summed E-state index contributed by atoms with van der Waals surface area (Å²) in [6, 6.07) is 14.1. The molecule has 2 aromatic heterocycles. The normalized spacial score (nSPS) is 20.5. The predicted molar refractivity (Wildman–Crippen MR) is 242 cm³/mol. The van der Waals surface area contributed by atoms with E-state index in [1.54, 1.807) is 36.1 Å². The number of anilines is 4. The van der Waals surface area contributed by atoms with Gasteiger partial charge in [0.05, 0.1) is 30.8 Å². The van der Waals surface area contributed by atoms with Crippen LogP contribution in [0.1, 0.15) is 52.6 Å². The Labute approximate surface area is 382 Å². The van der Waals surface area contributed by atoms with E-state index in [-0.39, 0.29) is 47.1 Å². The van der Waals surface area contributed by atoms with Crippen molar-refractivity contribution < 1.29 is 32.8 Å². The van der Waals surface area contributed by atoms with Crippen molar-refractivity contribution in [2.75, 3.05) is 79.3 Å². The minimum atomic E-state index is -1.06. The molecule has 2 unspecified atom stereocenters. The highest BCUT2D eigenvalue weighted by atomic mass is 32.1. The number of amides is 5. The quantitative estimate of drug-likeness (QED) is 0.162. The van der Waals surface area contributed by atoms with Gasteiger partial charge < -0.3 is 29.5 Å². The van der Waals surface area contributed by atoms with Crippen molar-refractivity contribution >= 4 is 63.1 Å². The summed E-state index contributed by atoms with van der Waals surface area (Å²) in [5, 5.41) is 10.3. The van der Waals surface area contributed by atoms with E-state index in [1.807, 2.05) is 38.6 Å². The molecule has 8 heterocycles. The van der Waals surface area contributed by atoms with E-state index in [0.29, 0.717) is 80.0 Å². The first kappa shape index (κ1) is 41.9. The van der Waals surface area contributed by atoms with Crippen molar-refractivity contribution in [2.24, 2.45) is 5.41 Å². The van der Waals surface area contributed by atoms with Crippen LogP contribution in [-0.4, -0.2) is 124 Å². The number of carbonyl (C=O) groups is 5. The van der Waals surface area contributed by atoms with E-state index < -0.39 is 35.6 Å². The number of benzene rings is 3. The minimum Gasteiger partial charge on any atom is -0.374 e. The number of imide groups is 1. The van der Waals surface area contributed by atoms with E-state index in [1.165, 1.54) is 28.4 Å². The number of fused-ring (bicyclic) bond motifs is 2. The van der Waals surface area contributed by atoms with Crippen molar-refractivity contribution in [1.82, 2.24) is 34.6 Å². The van der Waals surface area contributed by atoms with Gasteiger partial charge in [-0.1, -0.05) is 12.1 Å². The monoisotopic (exact) mass is 915 g/mol. The van der Waals surface area contributed by atoms with Gasteiger partial charge >= 0.3 is 0 Å². The van der Waals surface area contributed by atoms with Gasteiger partial charge in [0.1, 0.15) is 17.7 Å². The van der Waals surface area contributed by atoms with Crippen LogP contribution in [0.25, 0.3) is 11.1 Å². The number of nitrogens with one attached hydrogen (secondary N) is 3. The fourth-order valence-corrected chi connectivity index (χ4v) is 11.1. The molecule has 2 atom stereocenters. The SMILES string of the molecule is O=C1CCC(Nc2ccc(N3CC4(CN(CC(=O)N5CCN(c6ccc(-c7cc(F)c8c(c7)C(=O)N(C(C(=O)Nc7nccs7)c7ncn9c7CCC9)C8)cc6)CC5)C4)C3)c(F)c2)C(=O)N1. The lowest BCUT2D eigenvalue weighted by atomic mass is 9.72. The van der Waals surface area contributed by atoms with Crippen LogP contribution >= 0.6 is 11.3 Å². The van der Waals surface area contributed by atoms with Crippen molar-refractivity contribution in [3.8, 4) is 11.1 Å². The molecule has 1 spiro atoms. The molecule has 0 radical (unpaired) electrons. The third kappa shape index (κ3) is 7.72. The number of hydrogen-bond acceptors (Lipinski definition) is 12. The summed E-state index contributed by atoms with van der Waals surface area (Å²) >= 11 is 1.27. The number of imidazole rings is 1. The Morgan fingerprint density at radius 3 is 2.42 bits per heavy atom. The van der Waals surface area contributed by atoms with Gasteiger partial charge in [-0.25, -0.2) is 18.7 Å². The molecular formula is C47H47F2N11O5S. The number of rotatable bonds is 11. The zero-order chi connectivity index (χ0) is 45.3. The number of thiazole rings is 1. The highest BCUT2D eigenvalue weighted by Crippen LogP contribution is 2.43. The molecule has 3 N–H and O–H groups in total. The van der Waals surface area contributed by atoms with E-state index >= 15 is 8.78 Å². The number of nitrogens with zero attached hydrogens (tertiary/aromatic N) is 8. The van der Waals surface area contributed by atoms with Gasteiger partial charge in [0.25, 0.3) is 11.8 Å². The molecule has 19 heteroatoms. The van der Waals surface area contributed by atoms with Crippen molar-refractivity contribution in [1.29, 1.82) is 0 Å². The number of aryl methyl sites for hydroxylation is 1. The number of piperidine rings is 1. The Bertz CT molecular complexity index is 2760. The fourth-order valence-electron chi connectivity index (χ4n) is 10.6. The number of hydrogen-bond donors (Lipinski definition) is 3. The molecule has 0 aliphatic carbocycles. The van der Waals surface area contributed by atoms with Gasteiger partial charge in [-0.05, 0) is 72.9 Å². The summed E-state index contributed by atoms with van der Waals surface area (Å²) in [6.07, 6.45) is 5.54. The van der Waals surface area contributed by atoms with Crippen molar-refractivity contribution in [2.45, 2.75) is 50.9 Å². The molecule has 16 nitrogen and oxygen atoms in total. The van der Waals surface area contributed by atoms with Crippen molar-refractivity contribution in [3.05, 3.63) is 107 Å². The Kier molecular flexibility index (Phi) is 10.6. The number of likely N-dealkylation sites (tertiary alicyclic amines) is 1. The maximum atomic E-state index is 15.9. The van der Waals surface area contributed by atoms with Crippen LogP contribution in [0.2, 0.25) is 0 Å². The summed E-state index contributed by atoms with van der Waals surface area (Å²) in [4.78, 5) is 83.4. The van der Waals surface area contributed by atoms with Gasteiger partial charge in [-0.15, -0.1) is 11.3 Å². The van der Waals surface area contributed by atoms with Crippen LogP contribution in [0.4, 0.5) is 31.0 Å². The maximum absolute atomic E-state index is 15.9.